The number of nitrogens with zero attached hydrogens (tertiary/aromatic N) is 3. The highest BCUT2D eigenvalue weighted by Crippen LogP contribution is 2.39. The minimum atomic E-state index is 0.132. The molecule has 1 aliphatic heterocycles. The number of rotatable bonds is 4. The van der Waals surface area contributed by atoms with Gasteiger partial charge in [-0.3, -0.25) is 4.90 Å². The van der Waals surface area contributed by atoms with Crippen molar-refractivity contribution in [3.05, 3.63) is 58.6 Å². The second-order valence-electron chi connectivity index (χ2n) is 5.94. The topological polar surface area (TPSA) is 42.2 Å². The first-order valence-corrected chi connectivity index (χ1v) is 8.94. The zero-order valence-corrected chi connectivity index (χ0v) is 13.9. The zero-order chi connectivity index (χ0) is 15.6. The third-order valence-electron chi connectivity index (χ3n) is 4.54. The maximum atomic E-state index is 5.95. The first-order valence-electron chi connectivity index (χ1n) is 7.99. The molecule has 118 valence electrons. The maximum absolute atomic E-state index is 5.95. The lowest BCUT2D eigenvalue weighted by atomic mass is 10.1. The predicted octanol–water partition coefficient (Wildman–Crippen LogP) is 4.70. The average Bonchev–Trinajstić information content (AvgIpc) is 3.34. The van der Waals surface area contributed by atoms with Crippen molar-refractivity contribution >= 4 is 11.3 Å². The molecule has 3 aromatic rings. The van der Waals surface area contributed by atoms with Crippen molar-refractivity contribution in [1.82, 2.24) is 15.1 Å². The molecule has 4 rings (SSSR count). The number of likely N-dealkylation sites (tertiary alicyclic amines) is 1. The molecular weight excluding hydrogens is 306 g/mol. The van der Waals surface area contributed by atoms with Gasteiger partial charge in [-0.05, 0) is 60.8 Å². The normalized spacial score (nSPS) is 20.0. The Bertz CT molecular complexity index is 754. The van der Waals surface area contributed by atoms with Crippen LogP contribution in [-0.2, 0) is 0 Å². The van der Waals surface area contributed by atoms with Gasteiger partial charge in [0.05, 0.1) is 6.04 Å². The summed E-state index contributed by atoms with van der Waals surface area (Å²) in [5.41, 5.74) is 2.37. The van der Waals surface area contributed by atoms with Crippen LogP contribution in [0.2, 0.25) is 0 Å². The molecule has 2 atom stereocenters. The Morgan fingerprint density at radius 2 is 2.09 bits per heavy atom. The van der Waals surface area contributed by atoms with Gasteiger partial charge >= 0.3 is 0 Å². The molecule has 4 nitrogen and oxygen atoms in total. The van der Waals surface area contributed by atoms with Crippen LogP contribution in [0.15, 0.2) is 51.6 Å². The fraction of sp³-hybridized carbons (Fsp3) is 0.333. The van der Waals surface area contributed by atoms with Crippen molar-refractivity contribution in [1.29, 1.82) is 0 Å². The Morgan fingerprint density at radius 3 is 2.87 bits per heavy atom. The second kappa shape index (κ2) is 6.26. The third kappa shape index (κ3) is 2.82. The minimum Gasteiger partial charge on any atom is -0.419 e. The summed E-state index contributed by atoms with van der Waals surface area (Å²) in [5, 5.41) is 12.9. The minimum absolute atomic E-state index is 0.132. The van der Waals surface area contributed by atoms with E-state index < -0.39 is 0 Å². The van der Waals surface area contributed by atoms with Gasteiger partial charge in [-0.1, -0.05) is 18.2 Å². The number of benzene rings is 1. The summed E-state index contributed by atoms with van der Waals surface area (Å²) < 4.78 is 5.95. The molecular formula is C18H19N3OS. The highest BCUT2D eigenvalue weighted by atomic mass is 32.1. The van der Waals surface area contributed by atoms with Gasteiger partial charge in [0.25, 0.3) is 0 Å². The first-order chi connectivity index (χ1) is 11.3. The molecule has 23 heavy (non-hydrogen) atoms. The SMILES string of the molecule is CC(c1nnc(-c2ccccc2)o1)N1CCCC1c1ccsc1. The largest absolute Gasteiger partial charge is 0.419 e. The Balaban J connectivity index is 1.57. The Hall–Kier alpha value is -1.98. The maximum Gasteiger partial charge on any atom is 0.247 e. The Kier molecular flexibility index (Phi) is 3.97. The molecule has 2 unspecified atom stereocenters. The molecule has 0 amide bonds. The van der Waals surface area contributed by atoms with E-state index in [9.17, 15) is 0 Å². The van der Waals surface area contributed by atoms with Crippen LogP contribution in [0.5, 0.6) is 0 Å². The van der Waals surface area contributed by atoms with Crippen molar-refractivity contribution in [2.75, 3.05) is 6.54 Å². The molecule has 1 aromatic carbocycles. The van der Waals surface area contributed by atoms with Gasteiger partial charge in [0.2, 0.25) is 11.8 Å². The van der Waals surface area contributed by atoms with Gasteiger partial charge in [0, 0.05) is 11.6 Å². The van der Waals surface area contributed by atoms with Crippen molar-refractivity contribution in [3.63, 3.8) is 0 Å². The van der Waals surface area contributed by atoms with Crippen LogP contribution in [0.25, 0.3) is 11.5 Å². The lowest BCUT2D eigenvalue weighted by molar-refractivity contribution is 0.169. The highest BCUT2D eigenvalue weighted by molar-refractivity contribution is 7.07. The van der Waals surface area contributed by atoms with Crippen LogP contribution < -0.4 is 0 Å². The van der Waals surface area contributed by atoms with Crippen LogP contribution in [-0.4, -0.2) is 21.6 Å². The smallest absolute Gasteiger partial charge is 0.247 e. The summed E-state index contributed by atoms with van der Waals surface area (Å²) in [6, 6.07) is 12.8. The van der Waals surface area contributed by atoms with Crippen molar-refractivity contribution in [3.8, 4) is 11.5 Å². The van der Waals surface area contributed by atoms with Gasteiger partial charge in [0.15, 0.2) is 0 Å². The van der Waals surface area contributed by atoms with E-state index in [1.807, 2.05) is 30.3 Å². The molecule has 2 aromatic heterocycles. The van der Waals surface area contributed by atoms with E-state index >= 15 is 0 Å². The van der Waals surface area contributed by atoms with Gasteiger partial charge in [-0.2, -0.15) is 11.3 Å². The second-order valence-corrected chi connectivity index (χ2v) is 6.72. The van der Waals surface area contributed by atoms with E-state index in [0.29, 0.717) is 17.8 Å². The fourth-order valence-electron chi connectivity index (χ4n) is 3.32. The molecule has 1 fully saturated rings. The van der Waals surface area contributed by atoms with Crippen LogP contribution >= 0.6 is 11.3 Å². The number of hydrogen-bond acceptors (Lipinski definition) is 5. The molecule has 1 aliphatic rings. The van der Waals surface area contributed by atoms with Crippen molar-refractivity contribution in [2.24, 2.45) is 0 Å². The van der Waals surface area contributed by atoms with E-state index in [-0.39, 0.29) is 6.04 Å². The zero-order valence-electron chi connectivity index (χ0n) is 13.1. The van der Waals surface area contributed by atoms with Crippen LogP contribution in [0.1, 0.15) is 43.3 Å². The quantitative estimate of drug-likeness (QED) is 0.697. The van der Waals surface area contributed by atoms with E-state index in [2.05, 4.69) is 38.8 Å². The lowest BCUT2D eigenvalue weighted by Crippen LogP contribution is -2.26. The Morgan fingerprint density at radius 1 is 1.22 bits per heavy atom. The number of aromatic nitrogens is 2. The predicted molar refractivity (Wildman–Crippen MR) is 91.1 cm³/mol. The molecule has 3 heterocycles. The van der Waals surface area contributed by atoms with Gasteiger partial charge in [0.1, 0.15) is 0 Å². The van der Waals surface area contributed by atoms with Crippen molar-refractivity contribution in [2.45, 2.75) is 31.8 Å². The summed E-state index contributed by atoms with van der Waals surface area (Å²) in [6.07, 6.45) is 2.41. The molecule has 1 saturated heterocycles. The highest BCUT2D eigenvalue weighted by Gasteiger charge is 2.33. The van der Waals surface area contributed by atoms with E-state index in [0.717, 1.165) is 12.1 Å². The molecule has 0 spiro atoms. The molecule has 0 radical (unpaired) electrons. The summed E-state index contributed by atoms with van der Waals surface area (Å²) in [6.45, 7) is 3.23. The van der Waals surface area contributed by atoms with Crippen LogP contribution in [0, 0.1) is 0 Å². The Labute approximate surface area is 139 Å². The van der Waals surface area contributed by atoms with E-state index in [1.54, 1.807) is 11.3 Å². The molecule has 0 aliphatic carbocycles. The summed E-state index contributed by atoms with van der Waals surface area (Å²) in [7, 11) is 0. The van der Waals surface area contributed by atoms with E-state index in [4.69, 9.17) is 4.42 Å². The summed E-state index contributed by atoms with van der Waals surface area (Å²) >= 11 is 1.76. The molecule has 0 saturated carbocycles. The van der Waals surface area contributed by atoms with Crippen molar-refractivity contribution < 1.29 is 4.42 Å². The fourth-order valence-corrected chi connectivity index (χ4v) is 4.02. The molecule has 0 bridgehead atoms. The molecule has 0 N–H and O–H groups in total. The number of hydrogen-bond donors (Lipinski definition) is 0. The van der Waals surface area contributed by atoms with E-state index in [1.165, 1.54) is 18.4 Å². The van der Waals surface area contributed by atoms with Gasteiger partial charge in [-0.25, -0.2) is 0 Å². The third-order valence-corrected chi connectivity index (χ3v) is 5.24. The number of thiophene rings is 1. The average molecular weight is 325 g/mol. The van der Waals surface area contributed by atoms with Crippen LogP contribution in [0.3, 0.4) is 0 Å². The standard InChI is InChI=1S/C18H19N3OS/c1-13(21-10-5-8-16(21)15-9-11-23-12-15)17-19-20-18(22-17)14-6-3-2-4-7-14/h2-4,6-7,9,11-13,16H,5,8,10H2,1H3. The monoisotopic (exact) mass is 325 g/mol. The first kappa shape index (κ1) is 14.6. The van der Waals surface area contributed by atoms with Gasteiger partial charge in [-0.15, -0.1) is 10.2 Å². The summed E-state index contributed by atoms with van der Waals surface area (Å²) in [4.78, 5) is 2.48. The summed E-state index contributed by atoms with van der Waals surface area (Å²) in [5.74, 6) is 1.30. The molecule has 5 heteroatoms. The van der Waals surface area contributed by atoms with Crippen LogP contribution in [0.4, 0.5) is 0 Å². The van der Waals surface area contributed by atoms with Gasteiger partial charge < -0.3 is 4.42 Å². The lowest BCUT2D eigenvalue weighted by Gasteiger charge is -2.28.